The van der Waals surface area contributed by atoms with Crippen molar-refractivity contribution in [2.75, 3.05) is 40.3 Å². The van der Waals surface area contributed by atoms with Crippen molar-refractivity contribution in [1.29, 1.82) is 0 Å². The molecule has 1 aliphatic rings. The smallest absolute Gasteiger partial charge is 0.343 e. The number of nitrogens with zero attached hydrogens (tertiary/aromatic N) is 4. The molecule has 0 radical (unpaired) electrons. The van der Waals surface area contributed by atoms with Crippen LogP contribution in [-0.4, -0.2) is 71.8 Å². The molecule has 1 saturated heterocycles. The van der Waals surface area contributed by atoms with Gasteiger partial charge < -0.3 is 9.80 Å². The average Bonchev–Trinajstić information content (AvgIpc) is 2.72. The number of benzene rings is 1. The molecule has 1 fully saturated rings. The van der Waals surface area contributed by atoms with Crippen molar-refractivity contribution in [3.8, 4) is 0 Å². The van der Waals surface area contributed by atoms with E-state index in [0.717, 1.165) is 6.07 Å². The zero-order valence-electron chi connectivity index (χ0n) is 17.7. The summed E-state index contributed by atoms with van der Waals surface area (Å²) in [6.07, 6.45) is -4.36. The Morgan fingerprint density at radius 3 is 2.32 bits per heavy atom. The summed E-state index contributed by atoms with van der Waals surface area (Å²) in [7, 11) is 3.27. The number of hydrogen-bond acceptors (Lipinski definition) is 4. The number of carbonyl (C=O) groups excluding carboxylic acids is 2. The molecule has 0 unspecified atom stereocenters. The predicted molar refractivity (Wildman–Crippen MR) is 110 cm³/mol. The molecule has 3 rings (SSSR count). The van der Waals surface area contributed by atoms with Gasteiger partial charge in [0.1, 0.15) is 5.69 Å². The second kappa shape index (κ2) is 9.05. The molecule has 1 aliphatic heterocycles. The number of pyridine rings is 1. The number of aryl methyl sites for hydroxylation is 1. The molecule has 2 aromatic rings. The predicted octanol–water partition coefficient (Wildman–Crippen LogP) is 3.07. The van der Waals surface area contributed by atoms with Gasteiger partial charge in [0.2, 0.25) is 0 Å². The highest BCUT2D eigenvalue weighted by molar-refractivity contribution is 5.97. The molecule has 6 nitrogen and oxygen atoms in total. The monoisotopic (exact) mass is 434 g/mol. The summed E-state index contributed by atoms with van der Waals surface area (Å²) in [5, 5.41) is 0. The zero-order valence-corrected chi connectivity index (χ0v) is 17.7. The first-order valence-corrected chi connectivity index (χ1v) is 9.93. The fourth-order valence-electron chi connectivity index (χ4n) is 3.52. The SMILES string of the molecule is Cc1nc(C(=O)N(C)C)ccc1C(=O)N1CCN(Cc2cccc(C(F)(F)F)c2)CC1. The van der Waals surface area contributed by atoms with Crippen LogP contribution in [-0.2, 0) is 12.7 Å². The average molecular weight is 434 g/mol. The molecular formula is C22H25F3N4O2. The van der Waals surface area contributed by atoms with Crippen LogP contribution in [0, 0.1) is 6.92 Å². The summed E-state index contributed by atoms with van der Waals surface area (Å²) in [4.78, 5) is 34.4. The van der Waals surface area contributed by atoms with E-state index in [1.807, 2.05) is 4.90 Å². The molecule has 0 aliphatic carbocycles. The van der Waals surface area contributed by atoms with Crippen molar-refractivity contribution in [2.24, 2.45) is 0 Å². The van der Waals surface area contributed by atoms with E-state index in [1.54, 1.807) is 44.1 Å². The second-order valence-electron chi connectivity index (χ2n) is 7.80. The van der Waals surface area contributed by atoms with Crippen LogP contribution in [0.4, 0.5) is 13.2 Å². The zero-order chi connectivity index (χ0) is 22.8. The minimum Gasteiger partial charge on any atom is -0.343 e. The number of aromatic nitrogens is 1. The lowest BCUT2D eigenvalue weighted by molar-refractivity contribution is -0.137. The summed E-state index contributed by atoms with van der Waals surface area (Å²) in [6.45, 7) is 4.15. The van der Waals surface area contributed by atoms with Gasteiger partial charge in [-0.15, -0.1) is 0 Å². The van der Waals surface area contributed by atoms with Crippen molar-refractivity contribution in [3.05, 3.63) is 64.5 Å². The van der Waals surface area contributed by atoms with E-state index in [1.165, 1.54) is 17.0 Å². The highest BCUT2D eigenvalue weighted by Gasteiger charge is 2.30. The van der Waals surface area contributed by atoms with E-state index in [2.05, 4.69) is 4.98 Å². The van der Waals surface area contributed by atoms with Crippen molar-refractivity contribution in [2.45, 2.75) is 19.6 Å². The number of halogens is 3. The maximum Gasteiger partial charge on any atom is 0.416 e. The number of rotatable bonds is 4. The maximum atomic E-state index is 12.9. The van der Waals surface area contributed by atoms with Gasteiger partial charge in [0.15, 0.2) is 0 Å². The third-order valence-electron chi connectivity index (χ3n) is 5.26. The molecule has 31 heavy (non-hydrogen) atoms. The van der Waals surface area contributed by atoms with E-state index in [9.17, 15) is 22.8 Å². The van der Waals surface area contributed by atoms with Crippen LogP contribution in [0.3, 0.4) is 0 Å². The van der Waals surface area contributed by atoms with Crippen LogP contribution in [0.2, 0.25) is 0 Å². The summed E-state index contributed by atoms with van der Waals surface area (Å²) in [5.74, 6) is -0.391. The molecule has 0 saturated carbocycles. The Bertz CT molecular complexity index is 967. The van der Waals surface area contributed by atoms with Gasteiger partial charge in [-0.2, -0.15) is 13.2 Å². The van der Waals surface area contributed by atoms with Crippen molar-refractivity contribution in [3.63, 3.8) is 0 Å². The largest absolute Gasteiger partial charge is 0.416 e. The molecule has 0 atom stereocenters. The van der Waals surface area contributed by atoms with Gasteiger partial charge in [0, 0.05) is 46.8 Å². The summed E-state index contributed by atoms with van der Waals surface area (Å²) in [5.41, 5.74) is 1.16. The van der Waals surface area contributed by atoms with E-state index in [0.29, 0.717) is 49.5 Å². The normalized spacial score (nSPS) is 15.1. The Balaban J connectivity index is 1.61. The number of hydrogen-bond donors (Lipinski definition) is 0. The van der Waals surface area contributed by atoms with Crippen LogP contribution in [0.15, 0.2) is 36.4 Å². The number of amides is 2. The third kappa shape index (κ3) is 5.41. The van der Waals surface area contributed by atoms with Gasteiger partial charge in [-0.3, -0.25) is 14.5 Å². The quantitative estimate of drug-likeness (QED) is 0.742. The molecule has 2 heterocycles. The topological polar surface area (TPSA) is 56.8 Å². The molecule has 0 bridgehead atoms. The van der Waals surface area contributed by atoms with Gasteiger partial charge in [-0.1, -0.05) is 18.2 Å². The summed E-state index contributed by atoms with van der Waals surface area (Å²) in [6, 6.07) is 8.50. The maximum absolute atomic E-state index is 12.9. The van der Waals surface area contributed by atoms with E-state index in [-0.39, 0.29) is 17.5 Å². The Morgan fingerprint density at radius 1 is 1.06 bits per heavy atom. The van der Waals surface area contributed by atoms with Crippen molar-refractivity contribution in [1.82, 2.24) is 19.7 Å². The Morgan fingerprint density at radius 2 is 1.74 bits per heavy atom. The van der Waals surface area contributed by atoms with Gasteiger partial charge >= 0.3 is 6.18 Å². The first-order valence-electron chi connectivity index (χ1n) is 9.93. The van der Waals surface area contributed by atoms with Gasteiger partial charge in [0.25, 0.3) is 11.8 Å². The summed E-state index contributed by atoms with van der Waals surface area (Å²) >= 11 is 0. The molecule has 2 amide bonds. The standard InChI is InChI=1S/C22H25F3N4O2/c1-15-18(7-8-19(26-15)21(31)27(2)3)20(30)29-11-9-28(10-12-29)14-16-5-4-6-17(13-16)22(23,24)25/h4-8,13H,9-12,14H2,1-3H3. The van der Waals surface area contributed by atoms with Gasteiger partial charge in [0.05, 0.1) is 16.8 Å². The van der Waals surface area contributed by atoms with E-state index >= 15 is 0 Å². The summed E-state index contributed by atoms with van der Waals surface area (Å²) < 4.78 is 38.7. The first-order chi connectivity index (χ1) is 14.6. The molecule has 1 aromatic carbocycles. The van der Waals surface area contributed by atoms with Crippen molar-refractivity contribution >= 4 is 11.8 Å². The molecule has 0 N–H and O–H groups in total. The van der Waals surface area contributed by atoms with Crippen LogP contribution in [0.1, 0.15) is 37.7 Å². The molecule has 9 heteroatoms. The lowest BCUT2D eigenvalue weighted by atomic mass is 10.1. The van der Waals surface area contributed by atoms with Crippen LogP contribution in [0.25, 0.3) is 0 Å². The minimum absolute atomic E-state index is 0.160. The number of carbonyl (C=O) groups is 2. The number of alkyl halides is 3. The Labute approximate surface area is 179 Å². The Kier molecular flexibility index (Phi) is 6.64. The van der Waals surface area contributed by atoms with E-state index in [4.69, 9.17) is 0 Å². The minimum atomic E-state index is -4.36. The molecule has 166 valence electrons. The highest BCUT2D eigenvalue weighted by Crippen LogP contribution is 2.29. The van der Waals surface area contributed by atoms with Crippen molar-refractivity contribution < 1.29 is 22.8 Å². The fourth-order valence-corrected chi connectivity index (χ4v) is 3.52. The van der Waals surface area contributed by atoms with Crippen LogP contribution in [0.5, 0.6) is 0 Å². The highest BCUT2D eigenvalue weighted by atomic mass is 19.4. The first kappa shape index (κ1) is 22.7. The Hall–Kier alpha value is -2.94. The van der Waals surface area contributed by atoms with Crippen LogP contribution >= 0.6 is 0 Å². The lowest BCUT2D eigenvalue weighted by Gasteiger charge is -2.35. The second-order valence-corrected chi connectivity index (χ2v) is 7.80. The molecular weight excluding hydrogens is 409 g/mol. The van der Waals surface area contributed by atoms with E-state index < -0.39 is 11.7 Å². The fraction of sp³-hybridized carbons (Fsp3) is 0.409. The van der Waals surface area contributed by atoms with Gasteiger partial charge in [-0.05, 0) is 30.7 Å². The lowest BCUT2D eigenvalue weighted by Crippen LogP contribution is -2.48. The number of piperazine rings is 1. The van der Waals surface area contributed by atoms with Crippen LogP contribution < -0.4 is 0 Å². The third-order valence-corrected chi connectivity index (χ3v) is 5.26. The van der Waals surface area contributed by atoms with Gasteiger partial charge in [-0.25, -0.2) is 4.98 Å². The molecule has 1 aromatic heterocycles. The molecule has 0 spiro atoms.